The van der Waals surface area contributed by atoms with Crippen LogP contribution in [0.5, 0.6) is 0 Å². The van der Waals surface area contributed by atoms with Crippen molar-refractivity contribution in [3.8, 4) is 0 Å². The van der Waals surface area contributed by atoms with Crippen molar-refractivity contribution in [3.63, 3.8) is 0 Å². The molecule has 1 saturated carbocycles. The minimum absolute atomic E-state index is 0.0151. The number of hydrogen-bond donors (Lipinski definition) is 2. The van der Waals surface area contributed by atoms with Gasteiger partial charge in [-0.3, -0.25) is 9.59 Å². The Labute approximate surface area is 140 Å². The van der Waals surface area contributed by atoms with E-state index in [-0.39, 0.29) is 23.7 Å². The summed E-state index contributed by atoms with van der Waals surface area (Å²) in [5.74, 6) is -0.396. The first-order valence-electron chi connectivity index (χ1n) is 7.87. The van der Waals surface area contributed by atoms with Gasteiger partial charge in [-0.2, -0.15) is 0 Å². The van der Waals surface area contributed by atoms with Crippen LogP contribution in [-0.4, -0.2) is 18.4 Å². The highest BCUT2D eigenvalue weighted by Crippen LogP contribution is 2.39. The minimum atomic E-state index is -0.189. The van der Waals surface area contributed by atoms with Crippen LogP contribution in [0.25, 0.3) is 0 Å². The van der Waals surface area contributed by atoms with Gasteiger partial charge >= 0.3 is 0 Å². The number of hydrogen-bond acceptors (Lipinski definition) is 2. The smallest absolute Gasteiger partial charge is 0.228 e. The van der Waals surface area contributed by atoms with Crippen LogP contribution in [0.3, 0.4) is 0 Å². The number of aryl methyl sites for hydroxylation is 1. The van der Waals surface area contributed by atoms with Gasteiger partial charge in [0, 0.05) is 16.7 Å². The molecule has 4 nitrogen and oxygen atoms in total. The average molecular weight is 367 g/mol. The molecule has 2 rings (SSSR count). The first-order valence-corrected chi connectivity index (χ1v) is 8.67. The highest BCUT2D eigenvalue weighted by Gasteiger charge is 2.47. The maximum atomic E-state index is 12.2. The summed E-state index contributed by atoms with van der Waals surface area (Å²) < 4.78 is 0.964. The molecule has 120 valence electrons. The molecule has 1 aromatic carbocycles. The molecular formula is C17H23BrN2O2. The van der Waals surface area contributed by atoms with Gasteiger partial charge in [-0.1, -0.05) is 41.8 Å². The average Bonchev–Trinajstić information content (AvgIpc) is 3.28. The molecule has 1 aliphatic carbocycles. The Morgan fingerprint density at radius 3 is 2.64 bits per heavy atom. The molecule has 2 amide bonds. The third-order valence-electron chi connectivity index (χ3n) is 3.98. The van der Waals surface area contributed by atoms with Gasteiger partial charge in [0.1, 0.15) is 0 Å². The van der Waals surface area contributed by atoms with E-state index in [1.54, 1.807) is 0 Å². The van der Waals surface area contributed by atoms with Crippen LogP contribution in [0.4, 0.5) is 5.69 Å². The van der Waals surface area contributed by atoms with Gasteiger partial charge in [0.05, 0.1) is 11.8 Å². The number of halogens is 1. The van der Waals surface area contributed by atoms with Gasteiger partial charge in [-0.05, 0) is 37.5 Å². The van der Waals surface area contributed by atoms with Crippen molar-refractivity contribution in [1.29, 1.82) is 0 Å². The van der Waals surface area contributed by atoms with Gasteiger partial charge < -0.3 is 10.6 Å². The van der Waals surface area contributed by atoms with Crippen LogP contribution >= 0.6 is 15.9 Å². The van der Waals surface area contributed by atoms with E-state index in [0.29, 0.717) is 13.0 Å². The maximum Gasteiger partial charge on any atom is 0.228 e. The monoisotopic (exact) mass is 366 g/mol. The number of rotatable bonds is 7. The fraction of sp³-hybridized carbons (Fsp3) is 0.529. The van der Waals surface area contributed by atoms with Crippen molar-refractivity contribution in [2.75, 3.05) is 11.9 Å². The summed E-state index contributed by atoms with van der Waals surface area (Å²) in [6, 6.07) is 5.71. The molecule has 1 aromatic rings. The van der Waals surface area contributed by atoms with E-state index in [1.165, 1.54) is 0 Å². The standard InChI is InChI=1S/C17H23BrN2O2/c1-3-4-5-8-19-16(21)13-10-14(13)17(22)20-12-7-6-11(2)15(18)9-12/h6-7,9,13-14H,3-5,8,10H2,1-2H3,(H,19,21)(H,20,22). The first-order chi connectivity index (χ1) is 10.5. The Kier molecular flexibility index (Phi) is 6.00. The Hall–Kier alpha value is -1.36. The second kappa shape index (κ2) is 7.77. The van der Waals surface area contributed by atoms with E-state index in [9.17, 15) is 9.59 Å². The predicted octanol–water partition coefficient (Wildman–Crippen LogP) is 3.64. The summed E-state index contributed by atoms with van der Waals surface area (Å²) >= 11 is 3.45. The molecule has 2 N–H and O–H groups in total. The van der Waals surface area contributed by atoms with E-state index >= 15 is 0 Å². The Morgan fingerprint density at radius 1 is 1.23 bits per heavy atom. The molecule has 0 bridgehead atoms. The van der Waals surface area contributed by atoms with Crippen molar-refractivity contribution in [2.45, 2.75) is 39.5 Å². The van der Waals surface area contributed by atoms with Crippen molar-refractivity contribution >= 4 is 33.4 Å². The maximum absolute atomic E-state index is 12.2. The van der Waals surface area contributed by atoms with Crippen LogP contribution in [0.1, 0.15) is 38.2 Å². The van der Waals surface area contributed by atoms with Gasteiger partial charge in [0.25, 0.3) is 0 Å². The Bertz CT molecular complexity index is 560. The van der Waals surface area contributed by atoms with Crippen LogP contribution in [0, 0.1) is 18.8 Å². The summed E-state index contributed by atoms with van der Waals surface area (Å²) in [5, 5.41) is 5.80. The molecule has 0 radical (unpaired) electrons. The van der Waals surface area contributed by atoms with E-state index in [4.69, 9.17) is 0 Å². The molecule has 1 fully saturated rings. The molecule has 5 heteroatoms. The fourth-order valence-electron chi connectivity index (χ4n) is 2.40. The second-order valence-electron chi connectivity index (χ2n) is 5.90. The highest BCUT2D eigenvalue weighted by molar-refractivity contribution is 9.10. The van der Waals surface area contributed by atoms with E-state index in [0.717, 1.165) is 35.0 Å². The van der Waals surface area contributed by atoms with Crippen molar-refractivity contribution in [1.82, 2.24) is 5.32 Å². The van der Waals surface area contributed by atoms with E-state index in [1.807, 2.05) is 25.1 Å². The SMILES string of the molecule is CCCCCNC(=O)C1CC1C(=O)Nc1ccc(C)c(Br)c1. The van der Waals surface area contributed by atoms with Crippen molar-refractivity contribution in [2.24, 2.45) is 11.8 Å². The summed E-state index contributed by atoms with van der Waals surface area (Å²) in [6.45, 7) is 4.84. The number of amides is 2. The number of anilines is 1. The third-order valence-corrected chi connectivity index (χ3v) is 4.84. The number of carbonyl (C=O) groups is 2. The zero-order valence-corrected chi connectivity index (χ0v) is 14.7. The molecule has 0 spiro atoms. The van der Waals surface area contributed by atoms with Gasteiger partial charge in [0.2, 0.25) is 11.8 Å². The molecule has 0 saturated heterocycles. The molecule has 2 unspecified atom stereocenters. The van der Waals surface area contributed by atoms with Gasteiger partial charge in [-0.15, -0.1) is 0 Å². The summed E-state index contributed by atoms with van der Waals surface area (Å²) in [6.07, 6.45) is 3.91. The highest BCUT2D eigenvalue weighted by atomic mass is 79.9. The topological polar surface area (TPSA) is 58.2 Å². The molecule has 1 aliphatic rings. The lowest BCUT2D eigenvalue weighted by atomic mass is 10.2. The Morgan fingerprint density at radius 2 is 1.95 bits per heavy atom. The quantitative estimate of drug-likeness (QED) is 0.723. The number of nitrogens with one attached hydrogen (secondary N) is 2. The molecule has 2 atom stereocenters. The fourth-order valence-corrected chi connectivity index (χ4v) is 2.78. The molecular weight excluding hydrogens is 344 g/mol. The summed E-state index contributed by atoms with van der Waals surface area (Å²) in [7, 11) is 0. The zero-order chi connectivity index (χ0) is 16.1. The van der Waals surface area contributed by atoms with Gasteiger partial charge in [0.15, 0.2) is 0 Å². The summed E-state index contributed by atoms with van der Waals surface area (Å²) in [4.78, 5) is 24.1. The molecule has 0 heterocycles. The second-order valence-corrected chi connectivity index (χ2v) is 6.75. The number of unbranched alkanes of at least 4 members (excludes halogenated alkanes) is 2. The van der Waals surface area contributed by atoms with Crippen molar-refractivity contribution in [3.05, 3.63) is 28.2 Å². The lowest BCUT2D eigenvalue weighted by molar-refractivity contribution is -0.125. The van der Waals surface area contributed by atoms with Gasteiger partial charge in [-0.25, -0.2) is 0 Å². The van der Waals surface area contributed by atoms with E-state index < -0.39 is 0 Å². The normalized spacial score (nSPS) is 19.6. The first kappa shape index (κ1) is 17.0. The van der Waals surface area contributed by atoms with Crippen LogP contribution < -0.4 is 10.6 Å². The third kappa shape index (κ3) is 4.57. The molecule has 22 heavy (non-hydrogen) atoms. The Balaban J connectivity index is 1.78. The molecule has 0 aromatic heterocycles. The summed E-state index contributed by atoms with van der Waals surface area (Å²) in [5.41, 5.74) is 1.88. The van der Waals surface area contributed by atoms with Crippen molar-refractivity contribution < 1.29 is 9.59 Å². The number of benzene rings is 1. The molecule has 0 aliphatic heterocycles. The largest absolute Gasteiger partial charge is 0.356 e. The van der Waals surface area contributed by atoms with Crippen LogP contribution in [0.2, 0.25) is 0 Å². The van der Waals surface area contributed by atoms with Crippen LogP contribution in [0.15, 0.2) is 22.7 Å². The predicted molar refractivity (Wildman–Crippen MR) is 91.6 cm³/mol. The zero-order valence-electron chi connectivity index (χ0n) is 13.1. The lowest BCUT2D eigenvalue weighted by Gasteiger charge is -2.07. The minimum Gasteiger partial charge on any atom is -0.356 e. The lowest BCUT2D eigenvalue weighted by Crippen LogP contribution is -2.28. The van der Waals surface area contributed by atoms with Crippen LogP contribution in [-0.2, 0) is 9.59 Å². The van der Waals surface area contributed by atoms with E-state index in [2.05, 4.69) is 33.5 Å². The number of carbonyl (C=O) groups excluding carboxylic acids is 2.